The number of anilines is 1. The predicted octanol–water partition coefficient (Wildman–Crippen LogP) is 22.0. The van der Waals surface area contributed by atoms with Crippen LogP contribution in [0.5, 0.6) is 23.0 Å². The molecule has 2 aromatic heterocycles. The lowest BCUT2D eigenvalue weighted by Crippen LogP contribution is -2.08. The Kier molecular flexibility index (Phi) is 43.8. The summed E-state index contributed by atoms with van der Waals surface area (Å²) in [7, 11) is 4.41. The number of sulfone groups is 1. The molecule has 10 aromatic rings. The first-order valence-corrected chi connectivity index (χ1v) is 37.1. The number of benzene rings is 8. The van der Waals surface area contributed by atoms with E-state index in [1.165, 1.54) is 84.3 Å². The van der Waals surface area contributed by atoms with Gasteiger partial charge in [-0.05, 0) is 238 Å². The van der Waals surface area contributed by atoms with Crippen molar-refractivity contribution in [2.24, 2.45) is 0 Å². The summed E-state index contributed by atoms with van der Waals surface area (Å²) in [6.45, 7) is 32.4. The summed E-state index contributed by atoms with van der Waals surface area (Å²) in [5.41, 5.74) is 21.5. The molecule has 1 aliphatic rings. The topological polar surface area (TPSA) is 100 Å². The molecule has 0 bridgehead atoms. The van der Waals surface area contributed by atoms with Crippen LogP contribution in [0.2, 0.25) is 0 Å². The second kappa shape index (κ2) is 50.4. The van der Waals surface area contributed by atoms with Crippen molar-refractivity contribution in [1.82, 2.24) is 9.97 Å². The average molecular weight is 1360 g/mol. The monoisotopic (exact) mass is 1360 g/mol. The number of fused-ring (bicyclic) bond motifs is 1. The summed E-state index contributed by atoms with van der Waals surface area (Å²) in [6, 6.07) is 70.0. The van der Waals surface area contributed by atoms with Crippen LogP contribution in [0.1, 0.15) is 153 Å². The first-order valence-electron chi connectivity index (χ1n) is 35.2. The van der Waals surface area contributed by atoms with Gasteiger partial charge in [-0.3, -0.25) is 9.97 Å². The fraction of sp³-hybridized carbons (Fsp3) is 0.348. The number of ether oxygens (including phenoxy) is 4. The number of pyridine rings is 2. The molecule has 9 nitrogen and oxygen atoms in total. The van der Waals surface area contributed by atoms with Gasteiger partial charge in [0.15, 0.2) is 21.3 Å². The standard InChI is InChI=1S/C10H15N.C10H14O2.C10H14.C9H12O2S.C9H10O2.3C9H12.2C7H9N/c1-4-9-5-7-10(8-6-9)11(2)3;1-4-8-5-9(11-2)7-10(6-8)12-3;1-4-10-6-5-8(2)9(3)7-10;1-3-8-4-6-9(7-5-8)12(2,10)11;1-2-7-3-4-8-9(5-7)11-6-10-8;1-3-9-6-4-8(2)5-7-9;1-3-9-6-4-5-8(2)7-9;1-3-9-7-5-4-6-8(9)2;1-2-7-3-5-8-6-4-7;1-2-7-5-3-4-6-8-7/h5-8H,4H2,1-3H3;5-7H,4H2,1-3H3;5-7H,4H2,1-3H3;4-7H,3H2,1-2H3;3-5H,2,6H2,1H3;3*4-7H,3H2,1-2H3;2*3-6H,2H2,1H3. The number of aryl methyl sites for hydroxylation is 15. The van der Waals surface area contributed by atoms with Gasteiger partial charge in [0.25, 0.3) is 0 Å². The normalized spacial score (nSPS) is 10.2. The van der Waals surface area contributed by atoms with Gasteiger partial charge in [0, 0.05) is 56.4 Å². The molecule has 0 fully saturated rings. The van der Waals surface area contributed by atoms with Crippen LogP contribution >= 0.6 is 0 Å². The number of nitrogens with zero attached hydrogens (tertiary/aromatic N) is 3. The maximum atomic E-state index is 11.0. The highest BCUT2D eigenvalue weighted by Crippen LogP contribution is 2.32. The van der Waals surface area contributed by atoms with E-state index in [0.29, 0.717) is 11.7 Å². The average Bonchev–Trinajstić information content (AvgIpc) is 1.86. The Labute approximate surface area is 600 Å². The zero-order valence-electron chi connectivity index (χ0n) is 63.8. The lowest BCUT2D eigenvalue weighted by molar-refractivity contribution is 0.174. The second-order valence-electron chi connectivity index (χ2n) is 23.9. The van der Waals surface area contributed by atoms with E-state index in [1.807, 2.05) is 98.3 Å². The van der Waals surface area contributed by atoms with Crippen molar-refractivity contribution < 1.29 is 27.4 Å². The van der Waals surface area contributed by atoms with E-state index in [9.17, 15) is 8.42 Å². The minimum atomic E-state index is -3.03. The van der Waals surface area contributed by atoms with Crippen molar-refractivity contribution in [2.45, 2.75) is 173 Å². The van der Waals surface area contributed by atoms with Crippen LogP contribution in [-0.2, 0) is 74.0 Å². The molecule has 99 heavy (non-hydrogen) atoms. The number of rotatable bonds is 14. The van der Waals surface area contributed by atoms with Crippen LogP contribution in [0.3, 0.4) is 0 Å². The molecule has 3 heterocycles. The quantitative estimate of drug-likeness (QED) is 0.105. The van der Waals surface area contributed by atoms with Crippen LogP contribution in [0, 0.1) is 34.6 Å². The Balaban J connectivity index is 0.000000375. The highest BCUT2D eigenvalue weighted by molar-refractivity contribution is 7.90. The summed E-state index contributed by atoms with van der Waals surface area (Å²) in [6.07, 6.45) is 17.4. The minimum absolute atomic E-state index is 0.364. The van der Waals surface area contributed by atoms with Crippen molar-refractivity contribution in [3.8, 4) is 23.0 Å². The third kappa shape index (κ3) is 36.4. The molecule has 0 amide bonds. The van der Waals surface area contributed by atoms with Gasteiger partial charge < -0.3 is 23.8 Å². The van der Waals surface area contributed by atoms with Gasteiger partial charge in [-0.25, -0.2) is 8.42 Å². The number of aromatic nitrogens is 2. The fourth-order valence-corrected chi connectivity index (χ4v) is 9.88. The van der Waals surface area contributed by atoms with Gasteiger partial charge in [-0.2, -0.15) is 0 Å². The highest BCUT2D eigenvalue weighted by Gasteiger charge is 2.12. The maximum absolute atomic E-state index is 11.0. The molecule has 0 saturated heterocycles. The van der Waals surface area contributed by atoms with Crippen molar-refractivity contribution >= 4 is 15.5 Å². The molecule has 11 rings (SSSR count). The van der Waals surface area contributed by atoms with Crippen LogP contribution in [0.15, 0.2) is 230 Å². The Morgan fingerprint density at radius 2 is 0.859 bits per heavy atom. The van der Waals surface area contributed by atoms with Crippen LogP contribution in [-0.4, -0.2) is 59.7 Å². The molecule has 0 radical (unpaired) electrons. The highest BCUT2D eigenvalue weighted by atomic mass is 32.2. The van der Waals surface area contributed by atoms with Gasteiger partial charge in [0.2, 0.25) is 6.79 Å². The maximum Gasteiger partial charge on any atom is 0.231 e. The molecule has 10 heteroatoms. The first-order chi connectivity index (χ1) is 47.6. The van der Waals surface area contributed by atoms with E-state index in [-0.39, 0.29) is 0 Å². The van der Waals surface area contributed by atoms with E-state index in [2.05, 4.69) is 247 Å². The van der Waals surface area contributed by atoms with Crippen LogP contribution in [0.4, 0.5) is 5.69 Å². The molecular weight excluding hydrogens is 1240 g/mol. The van der Waals surface area contributed by atoms with Crippen LogP contribution in [0.25, 0.3) is 0 Å². The van der Waals surface area contributed by atoms with Crippen molar-refractivity contribution in [3.63, 3.8) is 0 Å². The first kappa shape index (κ1) is 86.1. The van der Waals surface area contributed by atoms with E-state index in [1.54, 1.807) is 26.4 Å². The summed E-state index contributed by atoms with van der Waals surface area (Å²) < 4.78 is 42.7. The molecule has 8 aromatic carbocycles. The Bertz CT molecular complexity index is 3740. The lowest BCUT2D eigenvalue weighted by atomic mass is 10.1. The Hall–Kier alpha value is -8.99. The summed E-state index contributed by atoms with van der Waals surface area (Å²) in [4.78, 5) is 10.5. The van der Waals surface area contributed by atoms with E-state index >= 15 is 0 Å². The molecule has 0 atom stereocenters. The van der Waals surface area contributed by atoms with Gasteiger partial charge in [-0.15, -0.1) is 0 Å². The van der Waals surface area contributed by atoms with Gasteiger partial charge in [0.1, 0.15) is 11.5 Å². The van der Waals surface area contributed by atoms with Crippen molar-refractivity contribution in [2.75, 3.05) is 46.3 Å². The zero-order chi connectivity index (χ0) is 73.4. The van der Waals surface area contributed by atoms with Gasteiger partial charge in [0.05, 0.1) is 19.1 Å². The second-order valence-corrected chi connectivity index (χ2v) is 25.9. The molecule has 0 spiro atoms. The molecule has 0 saturated carbocycles. The fourth-order valence-electron chi connectivity index (χ4n) is 9.25. The molecular formula is C89H119N3O6S. The molecule has 0 N–H and O–H groups in total. The number of hydrogen-bond acceptors (Lipinski definition) is 9. The summed E-state index contributed by atoms with van der Waals surface area (Å²) in [5, 5.41) is 0. The third-order valence-electron chi connectivity index (χ3n) is 16.2. The minimum Gasteiger partial charge on any atom is -0.497 e. The van der Waals surface area contributed by atoms with Gasteiger partial charge >= 0.3 is 0 Å². The van der Waals surface area contributed by atoms with E-state index in [4.69, 9.17) is 18.9 Å². The van der Waals surface area contributed by atoms with E-state index in [0.717, 1.165) is 98.5 Å². The van der Waals surface area contributed by atoms with Crippen molar-refractivity contribution in [3.05, 3.63) is 308 Å². The van der Waals surface area contributed by atoms with E-state index < -0.39 is 9.84 Å². The molecule has 1 aliphatic heterocycles. The largest absolute Gasteiger partial charge is 0.497 e. The summed E-state index contributed by atoms with van der Waals surface area (Å²) in [5.74, 6) is 3.45. The van der Waals surface area contributed by atoms with Crippen LogP contribution < -0.4 is 23.8 Å². The SMILES string of the molecule is CCc1cc(OC)cc(OC)c1.CCc1ccc(C)c(C)c1.CCc1ccc(C)cc1.CCc1ccc(N(C)C)cc1.CCc1ccc(S(C)(=O)=O)cc1.CCc1ccc2c(c1)OCO2.CCc1cccc(C)c1.CCc1ccccc1C.CCc1ccccn1.CCc1ccncc1. The molecule has 0 unspecified atom stereocenters. The van der Waals surface area contributed by atoms with Crippen molar-refractivity contribution in [1.29, 1.82) is 0 Å². The predicted molar refractivity (Wildman–Crippen MR) is 424 cm³/mol. The number of hydrogen-bond donors (Lipinski definition) is 0. The number of methoxy groups -OCH3 is 2. The summed E-state index contributed by atoms with van der Waals surface area (Å²) >= 11 is 0. The lowest BCUT2D eigenvalue weighted by Gasteiger charge is -2.11. The molecule has 532 valence electrons. The Morgan fingerprint density at radius 1 is 0.384 bits per heavy atom. The zero-order valence-corrected chi connectivity index (χ0v) is 64.7. The smallest absolute Gasteiger partial charge is 0.231 e. The molecule has 0 aliphatic carbocycles. The van der Waals surface area contributed by atoms with Gasteiger partial charge in [-0.1, -0.05) is 208 Å². The Morgan fingerprint density at radius 3 is 1.28 bits per heavy atom. The third-order valence-corrected chi connectivity index (χ3v) is 17.3.